The minimum atomic E-state index is -0.290. The van der Waals surface area contributed by atoms with Crippen LogP contribution in [0.25, 0.3) is 0 Å². The Hall–Kier alpha value is -2.19. The fourth-order valence-corrected chi connectivity index (χ4v) is 3.45. The lowest BCUT2D eigenvalue weighted by atomic mass is 10.1. The van der Waals surface area contributed by atoms with Gasteiger partial charge >= 0.3 is 0 Å². The molecular formula is C16H17N5OS2. The molecular weight excluding hydrogens is 342 g/mol. The highest BCUT2D eigenvalue weighted by Crippen LogP contribution is 2.23. The van der Waals surface area contributed by atoms with Crippen molar-refractivity contribution >= 4 is 34.1 Å². The highest BCUT2D eigenvalue weighted by atomic mass is 32.2. The Morgan fingerprint density at radius 3 is 2.83 bits per heavy atom. The van der Waals surface area contributed by atoms with Gasteiger partial charge in [-0.05, 0) is 12.5 Å². The quantitative estimate of drug-likeness (QED) is 0.685. The number of hydrogen-bond acceptors (Lipinski definition) is 6. The molecule has 8 heteroatoms. The van der Waals surface area contributed by atoms with Gasteiger partial charge in [0.25, 0.3) is 0 Å². The first-order chi connectivity index (χ1) is 11.6. The van der Waals surface area contributed by atoms with E-state index in [1.807, 2.05) is 42.1 Å². The molecule has 0 saturated carbocycles. The maximum atomic E-state index is 12.2. The van der Waals surface area contributed by atoms with Gasteiger partial charge in [0.05, 0.1) is 5.25 Å². The standard InChI is InChI=1S/C16H17N5OS2/c1-11(14(22)18-15-17-8-9-23-15)24-16-20-19-13(21(16)2)10-12-6-4-3-5-7-12/h3-9,11H,10H2,1-2H3,(H,17,18,22). The van der Waals surface area contributed by atoms with Crippen LogP contribution in [-0.2, 0) is 18.3 Å². The van der Waals surface area contributed by atoms with E-state index < -0.39 is 0 Å². The number of nitrogens with one attached hydrogen (secondary N) is 1. The second-order valence-electron chi connectivity index (χ2n) is 5.21. The monoisotopic (exact) mass is 359 g/mol. The van der Waals surface area contributed by atoms with Gasteiger partial charge in [0.2, 0.25) is 5.91 Å². The topological polar surface area (TPSA) is 72.7 Å². The number of thioether (sulfide) groups is 1. The molecule has 124 valence electrons. The van der Waals surface area contributed by atoms with Crippen molar-refractivity contribution in [1.29, 1.82) is 0 Å². The first-order valence-electron chi connectivity index (χ1n) is 7.42. The maximum absolute atomic E-state index is 12.2. The summed E-state index contributed by atoms with van der Waals surface area (Å²) in [5.41, 5.74) is 1.18. The van der Waals surface area contributed by atoms with Gasteiger partial charge in [-0.15, -0.1) is 21.5 Å². The van der Waals surface area contributed by atoms with E-state index in [0.717, 1.165) is 11.0 Å². The van der Waals surface area contributed by atoms with Crippen LogP contribution in [0.3, 0.4) is 0 Å². The molecule has 0 fully saturated rings. The molecule has 1 aromatic carbocycles. The number of amides is 1. The molecule has 0 aliphatic carbocycles. The number of rotatable bonds is 6. The fourth-order valence-electron chi connectivity index (χ4n) is 2.08. The molecule has 0 saturated heterocycles. The van der Waals surface area contributed by atoms with Crippen LogP contribution in [0.1, 0.15) is 18.3 Å². The molecule has 2 aromatic heterocycles. The van der Waals surface area contributed by atoms with Gasteiger partial charge in [0.1, 0.15) is 5.82 Å². The zero-order valence-corrected chi connectivity index (χ0v) is 15.0. The van der Waals surface area contributed by atoms with E-state index in [-0.39, 0.29) is 11.2 Å². The Balaban J connectivity index is 1.64. The average Bonchev–Trinajstić information content (AvgIpc) is 3.21. The van der Waals surface area contributed by atoms with Gasteiger partial charge in [-0.2, -0.15) is 0 Å². The summed E-state index contributed by atoms with van der Waals surface area (Å²) in [7, 11) is 1.92. The third kappa shape index (κ3) is 4.01. The van der Waals surface area contributed by atoms with Crippen LogP contribution in [0, 0.1) is 0 Å². The SMILES string of the molecule is CC(Sc1nnc(Cc2ccccc2)n1C)C(=O)Nc1nccs1. The molecule has 2 heterocycles. The smallest absolute Gasteiger partial charge is 0.239 e. The molecule has 3 aromatic rings. The first kappa shape index (κ1) is 16.7. The highest BCUT2D eigenvalue weighted by molar-refractivity contribution is 8.00. The van der Waals surface area contributed by atoms with E-state index in [0.29, 0.717) is 11.6 Å². The number of aromatic nitrogens is 4. The van der Waals surface area contributed by atoms with E-state index in [4.69, 9.17) is 0 Å². The second kappa shape index (κ2) is 7.59. The lowest BCUT2D eigenvalue weighted by molar-refractivity contribution is -0.115. The Kier molecular flexibility index (Phi) is 5.27. The van der Waals surface area contributed by atoms with E-state index in [9.17, 15) is 4.79 Å². The van der Waals surface area contributed by atoms with Crippen LogP contribution in [0.4, 0.5) is 5.13 Å². The highest BCUT2D eigenvalue weighted by Gasteiger charge is 2.19. The number of nitrogens with zero attached hydrogens (tertiary/aromatic N) is 4. The summed E-state index contributed by atoms with van der Waals surface area (Å²) in [4.78, 5) is 16.3. The van der Waals surface area contributed by atoms with Gasteiger partial charge in [-0.3, -0.25) is 4.79 Å². The zero-order valence-electron chi connectivity index (χ0n) is 13.3. The third-order valence-electron chi connectivity index (χ3n) is 3.44. The van der Waals surface area contributed by atoms with Crippen LogP contribution in [0.15, 0.2) is 47.1 Å². The van der Waals surface area contributed by atoms with E-state index in [1.54, 1.807) is 6.20 Å². The van der Waals surface area contributed by atoms with Crippen LogP contribution in [0.2, 0.25) is 0 Å². The number of carbonyl (C=O) groups excluding carboxylic acids is 1. The molecule has 0 bridgehead atoms. The number of benzene rings is 1. The van der Waals surface area contributed by atoms with Crippen LogP contribution >= 0.6 is 23.1 Å². The second-order valence-corrected chi connectivity index (χ2v) is 7.41. The number of anilines is 1. The van der Waals surface area contributed by atoms with Crippen LogP contribution < -0.4 is 5.32 Å². The zero-order chi connectivity index (χ0) is 16.9. The summed E-state index contributed by atoms with van der Waals surface area (Å²) in [5.74, 6) is 0.777. The van der Waals surface area contributed by atoms with E-state index in [2.05, 4.69) is 32.6 Å². The van der Waals surface area contributed by atoms with Crippen LogP contribution in [-0.4, -0.2) is 30.9 Å². The molecule has 3 rings (SSSR count). The molecule has 6 nitrogen and oxygen atoms in total. The average molecular weight is 359 g/mol. The predicted molar refractivity (Wildman–Crippen MR) is 96.3 cm³/mol. The van der Waals surface area contributed by atoms with Crippen molar-refractivity contribution in [3.05, 3.63) is 53.3 Å². The van der Waals surface area contributed by atoms with Crippen molar-refractivity contribution < 1.29 is 4.79 Å². The van der Waals surface area contributed by atoms with Crippen LogP contribution in [0.5, 0.6) is 0 Å². The molecule has 1 atom stereocenters. The first-order valence-corrected chi connectivity index (χ1v) is 9.18. The summed E-state index contributed by atoms with van der Waals surface area (Å²) in [6.45, 7) is 1.85. The normalized spacial score (nSPS) is 12.1. The summed E-state index contributed by atoms with van der Waals surface area (Å²) in [5, 5.41) is 14.1. The predicted octanol–water partition coefficient (Wildman–Crippen LogP) is 2.98. The molecule has 0 aliphatic heterocycles. The molecule has 24 heavy (non-hydrogen) atoms. The Morgan fingerprint density at radius 2 is 2.12 bits per heavy atom. The van der Waals surface area contributed by atoms with Crippen molar-refractivity contribution in [3.63, 3.8) is 0 Å². The van der Waals surface area contributed by atoms with Crippen molar-refractivity contribution in [2.75, 3.05) is 5.32 Å². The summed E-state index contributed by atoms with van der Waals surface area (Å²) in [6.07, 6.45) is 2.38. The van der Waals surface area contributed by atoms with Crippen molar-refractivity contribution in [2.45, 2.75) is 23.8 Å². The molecule has 0 spiro atoms. The Morgan fingerprint density at radius 1 is 1.33 bits per heavy atom. The Bertz CT molecular complexity index is 801. The minimum Gasteiger partial charge on any atom is -0.309 e. The Labute approximate surface area is 148 Å². The number of thiazole rings is 1. The summed E-state index contributed by atoms with van der Waals surface area (Å²) in [6, 6.07) is 10.1. The van der Waals surface area contributed by atoms with Gasteiger partial charge in [0.15, 0.2) is 10.3 Å². The van der Waals surface area contributed by atoms with Crippen molar-refractivity contribution in [1.82, 2.24) is 19.7 Å². The lowest BCUT2D eigenvalue weighted by Crippen LogP contribution is -2.22. The van der Waals surface area contributed by atoms with Crippen molar-refractivity contribution in [2.24, 2.45) is 7.05 Å². The minimum absolute atomic E-state index is 0.0949. The molecule has 0 radical (unpaired) electrons. The summed E-state index contributed by atoms with van der Waals surface area (Å²) < 4.78 is 1.94. The van der Waals surface area contributed by atoms with E-state index in [1.165, 1.54) is 28.7 Å². The third-order valence-corrected chi connectivity index (χ3v) is 5.27. The van der Waals surface area contributed by atoms with E-state index >= 15 is 0 Å². The largest absolute Gasteiger partial charge is 0.309 e. The molecule has 1 amide bonds. The molecule has 1 N–H and O–H groups in total. The number of hydrogen-bond donors (Lipinski definition) is 1. The van der Waals surface area contributed by atoms with Gasteiger partial charge in [-0.1, -0.05) is 42.1 Å². The lowest BCUT2D eigenvalue weighted by Gasteiger charge is -2.10. The fraction of sp³-hybridized carbons (Fsp3) is 0.250. The van der Waals surface area contributed by atoms with Crippen molar-refractivity contribution in [3.8, 4) is 0 Å². The van der Waals surface area contributed by atoms with Gasteiger partial charge in [0, 0.05) is 25.0 Å². The van der Waals surface area contributed by atoms with Gasteiger partial charge in [-0.25, -0.2) is 4.98 Å². The van der Waals surface area contributed by atoms with Gasteiger partial charge < -0.3 is 9.88 Å². The molecule has 0 aliphatic rings. The number of carbonyl (C=O) groups is 1. The maximum Gasteiger partial charge on any atom is 0.239 e. The molecule has 1 unspecified atom stereocenters. The summed E-state index contributed by atoms with van der Waals surface area (Å²) >= 11 is 2.78.